The zero-order valence-electron chi connectivity index (χ0n) is 13.4. The number of benzene rings is 1. The van der Waals surface area contributed by atoms with Gasteiger partial charge in [0.2, 0.25) is 0 Å². The van der Waals surface area contributed by atoms with Gasteiger partial charge in [0.25, 0.3) is 0 Å². The second-order valence-electron chi connectivity index (χ2n) is 6.22. The summed E-state index contributed by atoms with van der Waals surface area (Å²) < 4.78 is 1.82. The zero-order chi connectivity index (χ0) is 15.6. The molecule has 4 rings (SSSR count). The highest BCUT2D eigenvalue weighted by molar-refractivity contribution is 5.86. The smallest absolute Gasteiger partial charge is 0.163 e. The summed E-state index contributed by atoms with van der Waals surface area (Å²) in [4.78, 5) is 11.4. The molecule has 1 aliphatic rings. The summed E-state index contributed by atoms with van der Waals surface area (Å²) in [6, 6.07) is 11.3. The van der Waals surface area contributed by atoms with Gasteiger partial charge in [-0.3, -0.25) is 4.68 Å². The summed E-state index contributed by atoms with van der Waals surface area (Å²) >= 11 is 0. The van der Waals surface area contributed by atoms with E-state index in [9.17, 15) is 0 Å². The lowest BCUT2D eigenvalue weighted by atomic mass is 10.0. The van der Waals surface area contributed by atoms with Crippen LogP contribution in [0, 0.1) is 0 Å². The van der Waals surface area contributed by atoms with E-state index >= 15 is 0 Å². The molecule has 0 radical (unpaired) electrons. The summed E-state index contributed by atoms with van der Waals surface area (Å²) in [5.41, 5.74) is 2.32. The summed E-state index contributed by atoms with van der Waals surface area (Å²) in [6.07, 6.45) is 8.28. The van der Waals surface area contributed by atoms with Crippen molar-refractivity contribution in [2.75, 3.05) is 11.4 Å². The molecule has 0 N–H and O–H groups in total. The van der Waals surface area contributed by atoms with Crippen LogP contribution in [-0.2, 0) is 13.5 Å². The summed E-state index contributed by atoms with van der Waals surface area (Å²) in [5, 5.41) is 5.39. The highest BCUT2D eigenvalue weighted by Crippen LogP contribution is 2.31. The van der Waals surface area contributed by atoms with Crippen LogP contribution in [0.1, 0.15) is 24.8 Å². The predicted octanol–water partition coefficient (Wildman–Crippen LogP) is 2.96. The molecular formula is C18H21N5. The Bertz CT molecular complexity index is 796. The molecule has 0 saturated carbocycles. The topological polar surface area (TPSA) is 46.8 Å². The number of anilines is 1. The van der Waals surface area contributed by atoms with Crippen LogP contribution < -0.4 is 4.90 Å². The first-order valence-electron chi connectivity index (χ1n) is 8.26. The van der Waals surface area contributed by atoms with E-state index in [0.29, 0.717) is 6.04 Å². The molecule has 1 saturated heterocycles. The van der Waals surface area contributed by atoms with Gasteiger partial charge in [-0.05, 0) is 31.2 Å². The van der Waals surface area contributed by atoms with Gasteiger partial charge in [-0.15, -0.1) is 0 Å². The SMILES string of the molecule is Cn1ncc2c(N3CCC[C@@H]3CCc3ccccc3)ncnc21. The van der Waals surface area contributed by atoms with Crippen LogP contribution in [0.5, 0.6) is 0 Å². The summed E-state index contributed by atoms with van der Waals surface area (Å²) in [6.45, 7) is 1.07. The number of nitrogens with zero attached hydrogens (tertiary/aromatic N) is 5. The average Bonchev–Trinajstić information content (AvgIpc) is 3.21. The van der Waals surface area contributed by atoms with Gasteiger partial charge >= 0.3 is 0 Å². The maximum absolute atomic E-state index is 4.57. The van der Waals surface area contributed by atoms with E-state index in [0.717, 1.165) is 36.2 Å². The van der Waals surface area contributed by atoms with Gasteiger partial charge in [-0.25, -0.2) is 9.97 Å². The van der Waals surface area contributed by atoms with Gasteiger partial charge in [0.15, 0.2) is 5.65 Å². The molecule has 118 valence electrons. The van der Waals surface area contributed by atoms with E-state index in [2.05, 4.69) is 50.3 Å². The third-order valence-electron chi connectivity index (χ3n) is 4.77. The van der Waals surface area contributed by atoms with Gasteiger partial charge < -0.3 is 4.90 Å². The number of hydrogen-bond acceptors (Lipinski definition) is 4. The van der Waals surface area contributed by atoms with Crippen molar-refractivity contribution in [3.8, 4) is 0 Å². The zero-order valence-corrected chi connectivity index (χ0v) is 13.4. The number of aryl methyl sites for hydroxylation is 2. The first-order chi connectivity index (χ1) is 11.3. The summed E-state index contributed by atoms with van der Waals surface area (Å²) in [5.74, 6) is 1.04. The Kier molecular flexibility index (Phi) is 3.69. The first kappa shape index (κ1) is 14.2. The molecule has 0 bridgehead atoms. The highest BCUT2D eigenvalue weighted by atomic mass is 15.3. The molecule has 3 aromatic rings. The van der Waals surface area contributed by atoms with E-state index in [1.54, 1.807) is 6.33 Å². The third-order valence-corrected chi connectivity index (χ3v) is 4.77. The Hall–Kier alpha value is -2.43. The van der Waals surface area contributed by atoms with Crippen LogP contribution in [0.3, 0.4) is 0 Å². The maximum atomic E-state index is 4.57. The third kappa shape index (κ3) is 2.67. The second-order valence-corrected chi connectivity index (χ2v) is 6.22. The van der Waals surface area contributed by atoms with Gasteiger partial charge in [-0.1, -0.05) is 30.3 Å². The van der Waals surface area contributed by atoms with Crippen molar-refractivity contribution >= 4 is 16.9 Å². The molecule has 0 unspecified atom stereocenters. The largest absolute Gasteiger partial charge is 0.353 e. The van der Waals surface area contributed by atoms with Gasteiger partial charge in [-0.2, -0.15) is 5.10 Å². The van der Waals surface area contributed by atoms with Crippen LogP contribution >= 0.6 is 0 Å². The minimum Gasteiger partial charge on any atom is -0.353 e. The number of rotatable bonds is 4. The Morgan fingerprint density at radius 2 is 2.04 bits per heavy atom. The van der Waals surface area contributed by atoms with Crippen LogP contribution in [0.4, 0.5) is 5.82 Å². The fourth-order valence-electron chi connectivity index (χ4n) is 3.57. The van der Waals surface area contributed by atoms with Crippen molar-refractivity contribution in [2.45, 2.75) is 31.7 Å². The van der Waals surface area contributed by atoms with Crippen LogP contribution in [0.2, 0.25) is 0 Å². The van der Waals surface area contributed by atoms with Crippen molar-refractivity contribution in [1.82, 2.24) is 19.7 Å². The van der Waals surface area contributed by atoms with Gasteiger partial charge in [0.05, 0.1) is 11.6 Å². The first-order valence-corrected chi connectivity index (χ1v) is 8.26. The monoisotopic (exact) mass is 307 g/mol. The predicted molar refractivity (Wildman–Crippen MR) is 91.4 cm³/mol. The normalized spacial score (nSPS) is 18.0. The second kappa shape index (κ2) is 5.99. The average molecular weight is 307 g/mol. The summed E-state index contributed by atoms with van der Waals surface area (Å²) in [7, 11) is 1.93. The molecule has 3 heterocycles. The molecule has 23 heavy (non-hydrogen) atoms. The molecule has 1 fully saturated rings. The Labute approximate surface area is 136 Å². The fourth-order valence-corrected chi connectivity index (χ4v) is 3.57. The van der Waals surface area contributed by atoms with Crippen LogP contribution in [0.25, 0.3) is 11.0 Å². The molecule has 1 aliphatic heterocycles. The molecule has 0 aliphatic carbocycles. The maximum Gasteiger partial charge on any atom is 0.163 e. The minimum atomic E-state index is 0.550. The van der Waals surface area contributed by atoms with E-state index < -0.39 is 0 Å². The van der Waals surface area contributed by atoms with Crippen molar-refractivity contribution in [3.05, 3.63) is 48.4 Å². The van der Waals surface area contributed by atoms with Crippen molar-refractivity contribution < 1.29 is 0 Å². The number of hydrogen-bond donors (Lipinski definition) is 0. The van der Waals surface area contributed by atoms with Crippen LogP contribution in [-0.4, -0.2) is 32.3 Å². The lowest BCUT2D eigenvalue weighted by Crippen LogP contribution is -2.30. The fraction of sp³-hybridized carbons (Fsp3) is 0.389. The van der Waals surface area contributed by atoms with Crippen LogP contribution in [0.15, 0.2) is 42.9 Å². The number of aromatic nitrogens is 4. The Morgan fingerprint density at radius 1 is 1.17 bits per heavy atom. The molecule has 0 spiro atoms. The lowest BCUT2D eigenvalue weighted by molar-refractivity contribution is 0.607. The molecule has 2 aromatic heterocycles. The molecule has 5 heteroatoms. The molecule has 1 atom stereocenters. The van der Waals surface area contributed by atoms with E-state index in [1.165, 1.54) is 18.4 Å². The quantitative estimate of drug-likeness (QED) is 0.743. The van der Waals surface area contributed by atoms with Crippen molar-refractivity contribution in [1.29, 1.82) is 0 Å². The molecule has 5 nitrogen and oxygen atoms in total. The van der Waals surface area contributed by atoms with Gasteiger partial charge in [0, 0.05) is 19.6 Å². The van der Waals surface area contributed by atoms with E-state index in [1.807, 2.05) is 17.9 Å². The van der Waals surface area contributed by atoms with E-state index in [-0.39, 0.29) is 0 Å². The van der Waals surface area contributed by atoms with Crippen molar-refractivity contribution in [3.63, 3.8) is 0 Å². The van der Waals surface area contributed by atoms with Gasteiger partial charge in [0.1, 0.15) is 12.1 Å². The van der Waals surface area contributed by atoms with Crippen molar-refractivity contribution in [2.24, 2.45) is 7.05 Å². The molecular weight excluding hydrogens is 286 g/mol. The number of fused-ring (bicyclic) bond motifs is 1. The Balaban J connectivity index is 1.57. The minimum absolute atomic E-state index is 0.550. The molecule has 1 aromatic carbocycles. The van der Waals surface area contributed by atoms with E-state index in [4.69, 9.17) is 0 Å². The standard InChI is InChI=1S/C18H21N5/c1-22-17-16(12-21-22)18(20-13-19-17)23-11-5-8-15(23)10-9-14-6-3-2-4-7-14/h2-4,6-7,12-13,15H,5,8-11H2,1H3/t15-/m1/s1. The highest BCUT2D eigenvalue weighted by Gasteiger charge is 2.27. The molecule has 0 amide bonds. The lowest BCUT2D eigenvalue weighted by Gasteiger charge is -2.26. The Morgan fingerprint density at radius 3 is 2.91 bits per heavy atom.